The number of quaternary nitrogens is 1. The summed E-state index contributed by atoms with van der Waals surface area (Å²) in [6, 6.07) is 8.65. The average Bonchev–Trinajstić information content (AvgIpc) is 2.56. The topological polar surface area (TPSA) is 38.7 Å². The third-order valence-corrected chi connectivity index (χ3v) is 4.14. The lowest BCUT2D eigenvalue weighted by molar-refractivity contribution is -0.274. The predicted molar refractivity (Wildman–Crippen MR) is 85.5 cm³/mol. The molecule has 2 aromatic carbocycles. The SMILES string of the molecule is C[N+]1(C(F)(F)F)C(=O)C=Nc2cc(-c3ccc(OC(F)(F)F)cc3)ccc21. The Morgan fingerprint density at radius 2 is 1.52 bits per heavy atom. The summed E-state index contributed by atoms with van der Waals surface area (Å²) < 4.78 is 78.8. The molecule has 1 heterocycles. The van der Waals surface area contributed by atoms with Crippen LogP contribution in [0.5, 0.6) is 5.75 Å². The number of amides is 1. The van der Waals surface area contributed by atoms with Gasteiger partial charge in [-0.15, -0.1) is 30.8 Å². The van der Waals surface area contributed by atoms with E-state index in [0.29, 0.717) is 17.3 Å². The van der Waals surface area contributed by atoms with Crippen LogP contribution in [-0.2, 0) is 4.79 Å². The van der Waals surface area contributed by atoms with Crippen LogP contribution in [0.2, 0.25) is 0 Å². The molecule has 0 aromatic heterocycles. The van der Waals surface area contributed by atoms with Gasteiger partial charge in [0, 0.05) is 6.07 Å². The summed E-state index contributed by atoms with van der Waals surface area (Å²) >= 11 is 0. The second-order valence-electron chi connectivity index (χ2n) is 5.85. The highest BCUT2D eigenvalue weighted by Crippen LogP contribution is 2.44. The Hall–Kier alpha value is -2.88. The maximum absolute atomic E-state index is 13.4. The third-order valence-electron chi connectivity index (χ3n) is 4.14. The Kier molecular flexibility index (Phi) is 4.26. The monoisotopic (exact) mass is 389 g/mol. The van der Waals surface area contributed by atoms with Gasteiger partial charge in [0.15, 0.2) is 5.69 Å². The van der Waals surface area contributed by atoms with Gasteiger partial charge in [0.1, 0.15) is 17.7 Å². The zero-order valence-electron chi connectivity index (χ0n) is 13.6. The van der Waals surface area contributed by atoms with Crippen LogP contribution in [0, 0.1) is 0 Å². The number of hydrogen-bond donors (Lipinski definition) is 0. The van der Waals surface area contributed by atoms with Crippen LogP contribution < -0.4 is 9.22 Å². The quantitative estimate of drug-likeness (QED) is 0.414. The highest BCUT2D eigenvalue weighted by atomic mass is 19.4. The zero-order chi connectivity index (χ0) is 20.0. The second-order valence-corrected chi connectivity index (χ2v) is 5.85. The number of halogens is 6. The number of hydrogen-bond acceptors (Lipinski definition) is 3. The Labute approximate surface area is 148 Å². The number of carbonyl (C=O) groups excluding carboxylic acids is 1. The number of ether oxygens (including phenoxy) is 1. The summed E-state index contributed by atoms with van der Waals surface area (Å²) in [5.74, 6) is -1.65. The van der Waals surface area contributed by atoms with Gasteiger partial charge in [-0.05, 0) is 35.4 Å². The molecule has 4 nitrogen and oxygen atoms in total. The molecule has 0 spiro atoms. The third kappa shape index (κ3) is 3.39. The van der Waals surface area contributed by atoms with E-state index in [1.54, 1.807) is 0 Å². The van der Waals surface area contributed by atoms with Crippen LogP contribution in [0.3, 0.4) is 0 Å². The fraction of sp³-hybridized carbons (Fsp3) is 0.176. The first-order chi connectivity index (χ1) is 12.4. The van der Waals surface area contributed by atoms with Crippen LogP contribution >= 0.6 is 0 Å². The molecule has 10 heteroatoms. The molecule has 1 atom stereocenters. The lowest BCUT2D eigenvalue weighted by Crippen LogP contribution is -2.61. The number of carbonyl (C=O) groups is 1. The first-order valence-electron chi connectivity index (χ1n) is 7.44. The van der Waals surface area contributed by atoms with Crippen molar-refractivity contribution in [3.63, 3.8) is 0 Å². The molecule has 2 aromatic rings. The van der Waals surface area contributed by atoms with Gasteiger partial charge in [-0.25, -0.2) is 9.79 Å². The molecule has 3 rings (SSSR count). The van der Waals surface area contributed by atoms with Gasteiger partial charge in [0.25, 0.3) is 0 Å². The molecule has 1 aliphatic heterocycles. The maximum Gasteiger partial charge on any atom is 0.573 e. The number of rotatable bonds is 2. The minimum absolute atomic E-state index is 0.0532. The standard InChI is InChI=1S/C17H11F6N2O2/c1-25(16(18,19)20)14-7-4-11(8-13(14)24-9-15(25)26)10-2-5-12(6-3-10)27-17(21,22)23/h2-9H,1H3/q+1. The fourth-order valence-corrected chi connectivity index (χ4v) is 2.65. The first kappa shape index (κ1) is 18.9. The van der Waals surface area contributed by atoms with Gasteiger partial charge < -0.3 is 4.74 Å². The maximum atomic E-state index is 13.4. The van der Waals surface area contributed by atoms with Gasteiger partial charge in [-0.2, -0.15) is 0 Å². The Morgan fingerprint density at radius 3 is 2.07 bits per heavy atom. The van der Waals surface area contributed by atoms with Gasteiger partial charge in [0.2, 0.25) is 0 Å². The predicted octanol–water partition coefficient (Wildman–Crippen LogP) is 4.95. The number of fused-ring (bicyclic) bond motifs is 1. The largest absolute Gasteiger partial charge is 0.573 e. The Bertz CT molecular complexity index is 919. The minimum atomic E-state index is -4.86. The van der Waals surface area contributed by atoms with Gasteiger partial charge in [-0.3, -0.25) is 0 Å². The smallest absolute Gasteiger partial charge is 0.406 e. The molecule has 0 N–H and O–H groups in total. The molecule has 0 saturated carbocycles. The molecule has 142 valence electrons. The molecule has 0 bridgehead atoms. The van der Waals surface area contributed by atoms with Crippen molar-refractivity contribution in [3.05, 3.63) is 42.5 Å². The van der Waals surface area contributed by atoms with Crippen molar-refractivity contribution in [2.75, 3.05) is 7.05 Å². The van der Waals surface area contributed by atoms with Crippen molar-refractivity contribution in [1.82, 2.24) is 4.48 Å². The van der Waals surface area contributed by atoms with Gasteiger partial charge in [0.05, 0.1) is 7.05 Å². The fourth-order valence-electron chi connectivity index (χ4n) is 2.65. The van der Waals surface area contributed by atoms with E-state index in [1.807, 2.05) is 0 Å². The summed E-state index contributed by atoms with van der Waals surface area (Å²) in [6.07, 6.45) is -9.08. The molecule has 0 radical (unpaired) electrons. The summed E-state index contributed by atoms with van der Waals surface area (Å²) in [4.78, 5) is 15.6. The molecule has 27 heavy (non-hydrogen) atoms. The van der Waals surface area contributed by atoms with Crippen LogP contribution in [0.25, 0.3) is 11.1 Å². The van der Waals surface area contributed by atoms with E-state index < -0.39 is 28.8 Å². The second kappa shape index (κ2) is 6.08. The molecule has 1 aliphatic rings. The molecule has 1 unspecified atom stereocenters. The number of nitrogens with zero attached hydrogens (tertiary/aromatic N) is 2. The van der Waals surface area contributed by atoms with Crippen molar-refractivity contribution < 1.29 is 35.9 Å². The van der Waals surface area contributed by atoms with E-state index in [4.69, 9.17) is 0 Å². The van der Waals surface area contributed by atoms with E-state index in [2.05, 4.69) is 9.73 Å². The van der Waals surface area contributed by atoms with Crippen molar-refractivity contribution >= 4 is 23.5 Å². The van der Waals surface area contributed by atoms with Crippen LogP contribution in [-0.4, -0.2) is 31.8 Å². The highest BCUT2D eigenvalue weighted by Gasteiger charge is 2.60. The van der Waals surface area contributed by atoms with Gasteiger partial charge >= 0.3 is 18.6 Å². The van der Waals surface area contributed by atoms with Crippen molar-refractivity contribution in [2.45, 2.75) is 12.7 Å². The molecule has 1 amide bonds. The van der Waals surface area contributed by atoms with Crippen LogP contribution in [0.15, 0.2) is 47.5 Å². The van der Waals surface area contributed by atoms with E-state index in [9.17, 15) is 31.1 Å². The molecule has 0 saturated heterocycles. The molecule has 0 fully saturated rings. The molecule has 0 aliphatic carbocycles. The number of benzene rings is 2. The van der Waals surface area contributed by atoms with E-state index in [-0.39, 0.29) is 11.4 Å². The minimum Gasteiger partial charge on any atom is -0.406 e. The number of aliphatic imine (C=N–C) groups is 1. The first-order valence-corrected chi connectivity index (χ1v) is 7.44. The van der Waals surface area contributed by atoms with Gasteiger partial charge in [-0.1, -0.05) is 12.1 Å². The van der Waals surface area contributed by atoms with Crippen molar-refractivity contribution in [1.29, 1.82) is 0 Å². The molecular formula is C17H11F6N2O2+. The lowest BCUT2D eigenvalue weighted by atomic mass is 10.0. The molecular weight excluding hydrogens is 378 g/mol. The summed E-state index contributed by atoms with van der Waals surface area (Å²) in [6.45, 7) is 0. The highest BCUT2D eigenvalue weighted by molar-refractivity contribution is 6.32. The Balaban J connectivity index is 1.98. The Morgan fingerprint density at radius 1 is 0.926 bits per heavy atom. The van der Waals surface area contributed by atoms with Crippen molar-refractivity contribution in [3.8, 4) is 16.9 Å². The normalized spacial score (nSPS) is 19.7. The summed E-state index contributed by atoms with van der Waals surface area (Å²) in [7, 11) is 0.731. The lowest BCUT2D eigenvalue weighted by Gasteiger charge is -2.33. The van der Waals surface area contributed by atoms with Crippen LogP contribution in [0.1, 0.15) is 0 Å². The summed E-state index contributed by atoms with van der Waals surface area (Å²) in [5.41, 5.74) is 0.478. The number of alkyl halides is 6. The van der Waals surface area contributed by atoms with E-state index in [1.165, 1.54) is 24.3 Å². The van der Waals surface area contributed by atoms with Crippen molar-refractivity contribution in [2.24, 2.45) is 4.99 Å². The summed E-state index contributed by atoms with van der Waals surface area (Å²) in [5, 5.41) is 0. The zero-order valence-corrected chi connectivity index (χ0v) is 13.6. The van der Waals surface area contributed by atoms with E-state index in [0.717, 1.165) is 25.2 Å². The van der Waals surface area contributed by atoms with Crippen LogP contribution in [0.4, 0.5) is 37.7 Å². The van der Waals surface area contributed by atoms with E-state index >= 15 is 0 Å². The average molecular weight is 389 g/mol.